The van der Waals surface area contributed by atoms with Crippen molar-refractivity contribution in [3.63, 3.8) is 0 Å². The van der Waals surface area contributed by atoms with Crippen molar-refractivity contribution in [1.29, 1.82) is 0 Å². The number of alkyl carbamates (subject to hydrolysis) is 1. The molecule has 2 aliphatic rings. The summed E-state index contributed by atoms with van der Waals surface area (Å²) < 4.78 is 67.4. The van der Waals surface area contributed by atoms with Crippen LogP contribution in [0.5, 0.6) is 5.88 Å². The molecule has 0 saturated heterocycles. The van der Waals surface area contributed by atoms with Gasteiger partial charge in [0.1, 0.15) is 33.2 Å². The van der Waals surface area contributed by atoms with Crippen LogP contribution in [0.1, 0.15) is 64.0 Å². The van der Waals surface area contributed by atoms with Gasteiger partial charge in [-0.3, -0.25) is 15.1 Å². The topological polar surface area (TPSA) is 144 Å². The lowest BCUT2D eigenvalue weighted by atomic mass is 9.85. The number of aromatic nitrogens is 2. The molecule has 2 N–H and O–H groups in total. The van der Waals surface area contributed by atoms with Gasteiger partial charge in [0.25, 0.3) is 5.91 Å². The molecule has 0 spiro atoms. The number of aliphatic imine (C=N–C) groups is 1. The van der Waals surface area contributed by atoms with Crippen LogP contribution in [0, 0.1) is 5.82 Å². The molecule has 1 aromatic carbocycles. The van der Waals surface area contributed by atoms with E-state index in [1.807, 2.05) is 0 Å². The van der Waals surface area contributed by atoms with Crippen LogP contribution in [0.25, 0.3) is 0 Å². The van der Waals surface area contributed by atoms with Gasteiger partial charge >= 0.3 is 12.7 Å². The maximum absolute atomic E-state index is 15.5. The molecule has 15 heteroatoms. The van der Waals surface area contributed by atoms with Crippen molar-refractivity contribution in [2.45, 2.75) is 75.7 Å². The fourth-order valence-electron chi connectivity index (χ4n) is 4.83. The lowest BCUT2D eigenvalue weighted by Gasteiger charge is -2.45. The van der Waals surface area contributed by atoms with Crippen LogP contribution >= 0.6 is 0 Å². The molecule has 2 aromatic rings. The van der Waals surface area contributed by atoms with Gasteiger partial charge in [-0.25, -0.2) is 27.7 Å². The highest BCUT2D eigenvalue weighted by Crippen LogP contribution is 2.48. The number of halogens is 3. The third kappa shape index (κ3) is 5.85. The second kappa shape index (κ2) is 10.6. The fourth-order valence-corrected chi connectivity index (χ4v) is 8.02. The molecule has 3 atom stereocenters. The smallest absolute Gasteiger partial charge is 0.413 e. The molecule has 3 heterocycles. The summed E-state index contributed by atoms with van der Waals surface area (Å²) in [5.74, 6) is -1.85. The van der Waals surface area contributed by atoms with Gasteiger partial charge in [-0.2, -0.15) is 8.78 Å². The first kappa shape index (κ1) is 30.2. The number of benzene rings is 1. The number of anilines is 1. The number of ether oxygens (including phenoxy) is 2. The van der Waals surface area contributed by atoms with Crippen LogP contribution in [0.4, 0.5) is 23.7 Å². The minimum atomic E-state index is -3.10. The summed E-state index contributed by atoms with van der Waals surface area (Å²) in [6.45, 7) is 7.19. The first-order valence-corrected chi connectivity index (χ1v) is 14.2. The first-order valence-electron chi connectivity index (χ1n) is 12.7. The van der Waals surface area contributed by atoms with E-state index in [4.69, 9.17) is 9.73 Å². The van der Waals surface area contributed by atoms with Crippen molar-refractivity contribution >= 4 is 33.3 Å². The van der Waals surface area contributed by atoms with E-state index in [0.29, 0.717) is 6.42 Å². The Balaban J connectivity index is 1.71. The van der Waals surface area contributed by atoms with E-state index in [0.717, 1.165) is 18.5 Å². The zero-order chi connectivity index (χ0) is 30.4. The van der Waals surface area contributed by atoms with Crippen LogP contribution < -0.4 is 15.4 Å². The van der Waals surface area contributed by atoms with Crippen molar-refractivity contribution in [2.24, 2.45) is 9.36 Å². The van der Waals surface area contributed by atoms with Crippen LogP contribution in [0.2, 0.25) is 0 Å². The summed E-state index contributed by atoms with van der Waals surface area (Å²) in [6.07, 6.45) is 1.38. The SMILES string of the molecule is CC(C)(C)OC(=O)NC1=N[C@](C)(c2cc(NC(=O)c3cnc(OC(F)F)cn3)ccc2F)[C@@H]2CCN=[S@]2(=O)C1(C)C. The maximum Gasteiger partial charge on any atom is 0.413 e. The number of fused-ring (bicyclic) bond motifs is 1. The number of amidine groups is 1. The standard InChI is InChI=1S/C26H31F3N6O5S/c1-24(2,3)40-23(37)34-21-25(4,5)41(38)18(9-10-32-41)26(6,35-21)15-11-14(7-8-16(15)27)33-20(36)17-12-31-19(13-30-17)39-22(28)29/h7-8,11-13,18,22H,9-10H2,1-6H3,(H,33,36)(H,34,35,37)/t18-,26+,41+/m0/s1. The minimum Gasteiger partial charge on any atom is -0.444 e. The molecule has 0 radical (unpaired) electrons. The Hall–Kier alpha value is -3.75. The average molecular weight is 597 g/mol. The van der Waals surface area contributed by atoms with E-state index in [1.54, 1.807) is 41.5 Å². The normalized spacial score (nSPS) is 25.0. The molecular weight excluding hydrogens is 565 g/mol. The third-order valence-electron chi connectivity index (χ3n) is 6.79. The zero-order valence-electron chi connectivity index (χ0n) is 23.3. The Morgan fingerprint density at radius 1 is 1.12 bits per heavy atom. The summed E-state index contributed by atoms with van der Waals surface area (Å²) in [6, 6.07) is 3.81. The number of amides is 2. The Bertz CT molecular complexity index is 1520. The van der Waals surface area contributed by atoms with Crippen molar-refractivity contribution in [1.82, 2.24) is 15.3 Å². The van der Waals surface area contributed by atoms with Crippen LogP contribution in [0.3, 0.4) is 0 Å². The molecule has 0 aliphatic carbocycles. The highest BCUT2D eigenvalue weighted by molar-refractivity contribution is 7.96. The number of carbonyl (C=O) groups is 2. The predicted molar refractivity (Wildman–Crippen MR) is 145 cm³/mol. The molecule has 0 bridgehead atoms. The van der Waals surface area contributed by atoms with Crippen LogP contribution in [0.15, 0.2) is 39.9 Å². The quantitative estimate of drug-likeness (QED) is 0.512. The molecule has 11 nitrogen and oxygen atoms in total. The first-order chi connectivity index (χ1) is 19.0. The molecule has 1 aromatic heterocycles. The predicted octanol–water partition coefficient (Wildman–Crippen LogP) is 4.64. The van der Waals surface area contributed by atoms with E-state index < -0.39 is 61.2 Å². The molecule has 4 rings (SSSR count). The van der Waals surface area contributed by atoms with Crippen molar-refractivity contribution in [3.05, 3.63) is 47.7 Å². The van der Waals surface area contributed by atoms with E-state index in [-0.39, 0.29) is 29.3 Å². The van der Waals surface area contributed by atoms with E-state index in [2.05, 4.69) is 29.7 Å². The minimum absolute atomic E-state index is 0.0240. The molecule has 41 heavy (non-hydrogen) atoms. The Morgan fingerprint density at radius 3 is 2.44 bits per heavy atom. The summed E-state index contributed by atoms with van der Waals surface area (Å²) in [5.41, 5.74) is -2.28. The Kier molecular flexibility index (Phi) is 7.80. The lowest BCUT2D eigenvalue weighted by Crippen LogP contribution is -2.60. The summed E-state index contributed by atoms with van der Waals surface area (Å²) in [7, 11) is -3.09. The fraction of sp³-hybridized carbons (Fsp3) is 0.500. The van der Waals surface area contributed by atoms with Crippen molar-refractivity contribution in [3.8, 4) is 5.88 Å². The second-order valence-electron chi connectivity index (χ2n) is 11.2. The third-order valence-corrected chi connectivity index (χ3v) is 10.5. The highest BCUT2D eigenvalue weighted by atomic mass is 32.2. The molecule has 222 valence electrons. The maximum atomic E-state index is 15.5. The molecular formula is C26H31F3N6O5S. The second-order valence-corrected chi connectivity index (χ2v) is 14.2. The number of nitrogens with zero attached hydrogens (tertiary/aromatic N) is 4. The number of hydrogen-bond donors (Lipinski definition) is 2. The van der Waals surface area contributed by atoms with Gasteiger partial charge in [0.2, 0.25) is 5.88 Å². The Morgan fingerprint density at radius 2 is 1.83 bits per heavy atom. The molecule has 2 amide bonds. The molecule has 0 saturated carbocycles. The summed E-state index contributed by atoms with van der Waals surface area (Å²) >= 11 is 0. The summed E-state index contributed by atoms with van der Waals surface area (Å²) in [4.78, 5) is 37.6. The van der Waals surface area contributed by atoms with Gasteiger partial charge in [-0.05, 0) is 66.2 Å². The van der Waals surface area contributed by atoms with Crippen molar-refractivity contribution in [2.75, 3.05) is 11.9 Å². The number of carbonyl (C=O) groups excluding carboxylic acids is 2. The zero-order valence-corrected chi connectivity index (χ0v) is 24.1. The van der Waals surface area contributed by atoms with Crippen LogP contribution in [-0.4, -0.2) is 60.8 Å². The molecule has 0 fully saturated rings. The van der Waals surface area contributed by atoms with E-state index >= 15 is 4.39 Å². The van der Waals surface area contributed by atoms with Gasteiger partial charge in [0, 0.05) is 17.8 Å². The molecule has 2 aliphatic heterocycles. The molecule has 0 unspecified atom stereocenters. The van der Waals surface area contributed by atoms with Crippen molar-refractivity contribution < 1.29 is 36.4 Å². The van der Waals surface area contributed by atoms with Gasteiger partial charge < -0.3 is 14.8 Å². The number of nitrogens with one attached hydrogen (secondary N) is 2. The van der Waals surface area contributed by atoms with Crippen LogP contribution in [-0.2, 0) is 20.0 Å². The average Bonchev–Trinajstić information content (AvgIpc) is 3.27. The monoisotopic (exact) mass is 596 g/mol. The largest absolute Gasteiger partial charge is 0.444 e. The van der Waals surface area contributed by atoms with E-state index in [9.17, 15) is 22.6 Å². The van der Waals surface area contributed by atoms with Gasteiger partial charge in [-0.1, -0.05) is 0 Å². The lowest BCUT2D eigenvalue weighted by molar-refractivity contribution is -0.0531. The number of hydrogen-bond acceptors (Lipinski definition) is 9. The number of rotatable bonds is 5. The highest BCUT2D eigenvalue weighted by Gasteiger charge is 2.57. The van der Waals surface area contributed by atoms with E-state index in [1.165, 1.54) is 12.1 Å². The van der Waals surface area contributed by atoms with Gasteiger partial charge in [0.05, 0.1) is 27.4 Å². The summed E-state index contributed by atoms with van der Waals surface area (Å²) in [5, 5.41) is 4.48. The van der Waals surface area contributed by atoms with Gasteiger partial charge in [0.15, 0.2) is 0 Å². The van der Waals surface area contributed by atoms with Gasteiger partial charge in [-0.15, -0.1) is 0 Å². The number of alkyl halides is 2. The Labute approximate surface area is 235 Å².